The lowest BCUT2D eigenvalue weighted by molar-refractivity contribution is 0.0391. The molecule has 3 nitrogen and oxygen atoms in total. The van der Waals surface area contributed by atoms with Gasteiger partial charge in [-0.3, -0.25) is 9.69 Å². The Morgan fingerprint density at radius 2 is 2.20 bits per heavy atom. The van der Waals surface area contributed by atoms with Crippen LogP contribution in [0.15, 0.2) is 22.7 Å². The van der Waals surface area contributed by atoms with Crippen molar-refractivity contribution in [3.05, 3.63) is 34.1 Å². The van der Waals surface area contributed by atoms with Gasteiger partial charge in [0, 0.05) is 25.2 Å². The number of amides is 1. The number of hydrogen-bond acceptors (Lipinski definition) is 2. The van der Waals surface area contributed by atoms with Crippen molar-refractivity contribution in [3.8, 4) is 0 Å². The van der Waals surface area contributed by atoms with Crippen LogP contribution in [0.2, 0.25) is 0 Å². The second kappa shape index (κ2) is 5.45. The number of fused-ring (bicyclic) bond motifs is 1. The molecule has 0 aromatic heterocycles. The van der Waals surface area contributed by atoms with Gasteiger partial charge in [0.2, 0.25) is 0 Å². The van der Waals surface area contributed by atoms with E-state index >= 15 is 0 Å². The van der Waals surface area contributed by atoms with Crippen molar-refractivity contribution in [2.75, 3.05) is 19.6 Å². The summed E-state index contributed by atoms with van der Waals surface area (Å²) in [7, 11) is 0. The minimum Gasteiger partial charge on any atom is -0.333 e. The summed E-state index contributed by atoms with van der Waals surface area (Å²) in [5, 5.41) is 0. The fraction of sp³-hybridized carbons (Fsp3) is 0.533. The van der Waals surface area contributed by atoms with Crippen LogP contribution in [0.4, 0.5) is 4.39 Å². The molecule has 1 aromatic rings. The highest BCUT2D eigenvalue weighted by Gasteiger charge is 2.37. The molecule has 20 heavy (non-hydrogen) atoms. The van der Waals surface area contributed by atoms with Crippen LogP contribution in [0.1, 0.15) is 30.1 Å². The maximum atomic E-state index is 14.1. The van der Waals surface area contributed by atoms with Gasteiger partial charge in [0.25, 0.3) is 5.91 Å². The van der Waals surface area contributed by atoms with E-state index in [1.807, 2.05) is 11.8 Å². The smallest absolute Gasteiger partial charge is 0.257 e. The molecule has 108 valence electrons. The molecule has 2 saturated heterocycles. The zero-order valence-electron chi connectivity index (χ0n) is 11.5. The normalized spacial score (nSPS) is 26.6. The van der Waals surface area contributed by atoms with Crippen molar-refractivity contribution in [1.29, 1.82) is 0 Å². The quantitative estimate of drug-likeness (QED) is 0.784. The molecule has 2 heterocycles. The first-order valence-corrected chi connectivity index (χ1v) is 7.86. The molecular formula is C15H18BrFN2O. The number of hydrogen-bond donors (Lipinski definition) is 0. The van der Waals surface area contributed by atoms with E-state index in [-0.39, 0.29) is 17.5 Å². The van der Waals surface area contributed by atoms with Gasteiger partial charge in [0.05, 0.1) is 10.0 Å². The first-order chi connectivity index (χ1) is 9.58. The third-order valence-corrected chi connectivity index (χ3v) is 4.99. The molecular weight excluding hydrogens is 323 g/mol. The number of nitrogens with zero attached hydrogens (tertiary/aromatic N) is 2. The number of rotatable bonds is 1. The second-order valence-corrected chi connectivity index (χ2v) is 6.55. The van der Waals surface area contributed by atoms with Gasteiger partial charge in [-0.05, 0) is 54.4 Å². The van der Waals surface area contributed by atoms with Gasteiger partial charge in [-0.2, -0.15) is 0 Å². The lowest BCUT2D eigenvalue weighted by atomic mass is 10.1. The zero-order valence-corrected chi connectivity index (χ0v) is 13.1. The van der Waals surface area contributed by atoms with E-state index in [0.29, 0.717) is 17.1 Å². The van der Waals surface area contributed by atoms with E-state index in [0.717, 1.165) is 19.5 Å². The molecule has 0 bridgehead atoms. The molecule has 2 unspecified atom stereocenters. The van der Waals surface area contributed by atoms with Crippen LogP contribution in [0.25, 0.3) is 0 Å². The van der Waals surface area contributed by atoms with E-state index in [1.54, 1.807) is 18.2 Å². The van der Waals surface area contributed by atoms with Gasteiger partial charge in [0.1, 0.15) is 5.82 Å². The van der Waals surface area contributed by atoms with E-state index in [1.165, 1.54) is 6.42 Å². The minimum atomic E-state index is -0.460. The van der Waals surface area contributed by atoms with Gasteiger partial charge in [-0.1, -0.05) is 6.07 Å². The van der Waals surface area contributed by atoms with Crippen molar-refractivity contribution in [2.45, 2.75) is 31.8 Å². The van der Waals surface area contributed by atoms with Crippen LogP contribution >= 0.6 is 15.9 Å². The maximum absolute atomic E-state index is 14.1. The number of benzene rings is 1. The highest BCUT2D eigenvalue weighted by Crippen LogP contribution is 2.27. The molecule has 1 aromatic carbocycles. The average Bonchev–Trinajstić information content (AvgIpc) is 2.87. The van der Waals surface area contributed by atoms with Crippen molar-refractivity contribution in [1.82, 2.24) is 9.80 Å². The monoisotopic (exact) mass is 340 g/mol. The second-order valence-electron chi connectivity index (χ2n) is 5.70. The van der Waals surface area contributed by atoms with Crippen LogP contribution in [-0.4, -0.2) is 47.4 Å². The van der Waals surface area contributed by atoms with Gasteiger partial charge in [-0.15, -0.1) is 0 Å². The third-order valence-electron chi connectivity index (χ3n) is 4.38. The fourth-order valence-corrected chi connectivity index (χ4v) is 3.66. The fourth-order valence-electron chi connectivity index (χ4n) is 3.29. The summed E-state index contributed by atoms with van der Waals surface area (Å²) < 4.78 is 14.4. The van der Waals surface area contributed by atoms with E-state index in [9.17, 15) is 9.18 Å². The van der Waals surface area contributed by atoms with Crippen LogP contribution in [-0.2, 0) is 0 Å². The predicted molar refractivity (Wildman–Crippen MR) is 79.2 cm³/mol. The highest BCUT2D eigenvalue weighted by atomic mass is 79.9. The average molecular weight is 341 g/mol. The van der Waals surface area contributed by atoms with Gasteiger partial charge >= 0.3 is 0 Å². The summed E-state index contributed by atoms with van der Waals surface area (Å²) in [6, 6.07) is 5.47. The summed E-state index contributed by atoms with van der Waals surface area (Å²) in [5.74, 6) is -0.651. The van der Waals surface area contributed by atoms with Crippen molar-refractivity contribution < 1.29 is 9.18 Å². The summed E-state index contributed by atoms with van der Waals surface area (Å²) in [6.07, 6.45) is 2.34. The van der Waals surface area contributed by atoms with Crippen LogP contribution in [0.5, 0.6) is 0 Å². The molecule has 0 radical (unpaired) electrons. The van der Waals surface area contributed by atoms with E-state index in [2.05, 4.69) is 20.8 Å². The molecule has 5 heteroatoms. The standard InChI is InChI=1S/C15H18BrFN2O/c1-10-8-18-7-3-4-11(18)9-19(10)15(20)12-5-2-6-13(16)14(12)17/h2,5-6,10-11H,3-4,7-9H2,1H3. The molecule has 2 aliphatic rings. The van der Waals surface area contributed by atoms with Crippen molar-refractivity contribution in [2.24, 2.45) is 0 Å². The van der Waals surface area contributed by atoms with Gasteiger partial charge in [0.15, 0.2) is 0 Å². The molecule has 2 atom stereocenters. The number of halogens is 2. The van der Waals surface area contributed by atoms with Crippen LogP contribution < -0.4 is 0 Å². The minimum absolute atomic E-state index is 0.134. The summed E-state index contributed by atoms with van der Waals surface area (Å²) in [5.41, 5.74) is 0.165. The Morgan fingerprint density at radius 1 is 1.40 bits per heavy atom. The molecule has 0 spiro atoms. The zero-order chi connectivity index (χ0) is 14.3. The van der Waals surface area contributed by atoms with Crippen LogP contribution in [0, 0.1) is 5.82 Å². The van der Waals surface area contributed by atoms with E-state index < -0.39 is 5.82 Å². The van der Waals surface area contributed by atoms with E-state index in [4.69, 9.17) is 0 Å². The Balaban J connectivity index is 1.84. The Morgan fingerprint density at radius 3 is 3.00 bits per heavy atom. The molecule has 0 saturated carbocycles. The third kappa shape index (κ3) is 2.37. The van der Waals surface area contributed by atoms with Crippen molar-refractivity contribution in [3.63, 3.8) is 0 Å². The number of piperazine rings is 1. The Bertz CT molecular complexity index is 537. The van der Waals surface area contributed by atoms with Gasteiger partial charge < -0.3 is 4.90 Å². The lowest BCUT2D eigenvalue weighted by Crippen LogP contribution is -2.56. The topological polar surface area (TPSA) is 23.6 Å². The lowest BCUT2D eigenvalue weighted by Gasteiger charge is -2.42. The Labute approximate surface area is 126 Å². The molecule has 0 aliphatic carbocycles. The number of carbonyl (C=O) groups excluding carboxylic acids is 1. The first-order valence-electron chi connectivity index (χ1n) is 7.07. The van der Waals surface area contributed by atoms with Crippen molar-refractivity contribution >= 4 is 21.8 Å². The first kappa shape index (κ1) is 14.0. The van der Waals surface area contributed by atoms with Crippen LogP contribution in [0.3, 0.4) is 0 Å². The molecule has 2 fully saturated rings. The summed E-state index contributed by atoms with van der Waals surface area (Å²) in [6.45, 7) is 4.78. The molecule has 2 aliphatic heterocycles. The molecule has 1 amide bonds. The largest absolute Gasteiger partial charge is 0.333 e. The molecule has 0 N–H and O–H groups in total. The Kier molecular flexibility index (Phi) is 3.82. The number of carbonyl (C=O) groups is 1. The predicted octanol–water partition coefficient (Wildman–Crippen LogP) is 2.90. The SMILES string of the molecule is CC1CN2CCCC2CN1C(=O)c1cccc(Br)c1F. The highest BCUT2D eigenvalue weighted by molar-refractivity contribution is 9.10. The summed E-state index contributed by atoms with van der Waals surface area (Å²) in [4.78, 5) is 16.9. The Hall–Kier alpha value is -0.940. The maximum Gasteiger partial charge on any atom is 0.257 e. The summed E-state index contributed by atoms with van der Waals surface area (Å²) >= 11 is 3.14. The molecule has 3 rings (SSSR count). The van der Waals surface area contributed by atoms with Gasteiger partial charge in [-0.25, -0.2) is 4.39 Å².